The molecule has 3 nitrogen and oxygen atoms in total. The van der Waals surface area contributed by atoms with Gasteiger partial charge in [0.05, 0.1) is 5.92 Å². The summed E-state index contributed by atoms with van der Waals surface area (Å²) in [5.74, 6) is -0.427. The van der Waals surface area contributed by atoms with Crippen LogP contribution < -0.4 is 0 Å². The molecule has 3 atom stereocenters. The van der Waals surface area contributed by atoms with E-state index in [0.29, 0.717) is 12.3 Å². The van der Waals surface area contributed by atoms with Crippen molar-refractivity contribution in [3.63, 3.8) is 0 Å². The molecule has 1 aliphatic rings. The summed E-state index contributed by atoms with van der Waals surface area (Å²) in [5, 5.41) is 9.37. The Balaban J connectivity index is 2.70. The summed E-state index contributed by atoms with van der Waals surface area (Å²) in [6, 6.07) is 0. The second-order valence-corrected chi connectivity index (χ2v) is 12.1. The molecule has 1 saturated carbocycles. The zero-order chi connectivity index (χ0) is 14.1. The lowest BCUT2D eigenvalue weighted by Gasteiger charge is -2.42. The highest BCUT2D eigenvalue weighted by atomic mass is 28.4. The fraction of sp³-hybridized carbons (Fsp3) is 0.929. The second kappa shape index (κ2) is 5.33. The van der Waals surface area contributed by atoms with E-state index in [4.69, 9.17) is 4.43 Å². The molecule has 1 aliphatic carbocycles. The van der Waals surface area contributed by atoms with Gasteiger partial charge in [-0.3, -0.25) is 4.79 Å². The minimum atomic E-state index is -1.78. The maximum absolute atomic E-state index is 11.2. The molecule has 4 heteroatoms. The number of aliphatic carboxylic acids is 1. The molecule has 0 saturated heterocycles. The molecule has 1 fully saturated rings. The van der Waals surface area contributed by atoms with Crippen LogP contribution in [0.2, 0.25) is 18.1 Å². The molecular weight excluding hydrogens is 244 g/mol. The van der Waals surface area contributed by atoms with Crippen LogP contribution in [0.1, 0.15) is 47.0 Å². The Labute approximate surface area is 112 Å². The lowest BCUT2D eigenvalue weighted by Crippen LogP contribution is -2.46. The molecule has 1 N–H and O–H groups in total. The van der Waals surface area contributed by atoms with Gasteiger partial charge in [-0.2, -0.15) is 0 Å². The molecule has 1 rings (SSSR count). The molecule has 0 aromatic heterocycles. The highest BCUT2D eigenvalue weighted by Gasteiger charge is 2.41. The number of hydrogen-bond donors (Lipinski definition) is 1. The molecule has 106 valence electrons. The Kier molecular flexibility index (Phi) is 4.65. The Morgan fingerprint density at radius 2 is 1.78 bits per heavy atom. The molecule has 0 unspecified atom stereocenters. The zero-order valence-electron chi connectivity index (χ0n) is 12.6. The van der Waals surface area contributed by atoms with E-state index >= 15 is 0 Å². The lowest BCUT2D eigenvalue weighted by atomic mass is 9.81. The maximum atomic E-state index is 11.2. The average molecular weight is 272 g/mol. The van der Waals surface area contributed by atoms with Crippen LogP contribution in [-0.2, 0) is 9.22 Å². The van der Waals surface area contributed by atoms with Gasteiger partial charge in [-0.25, -0.2) is 0 Å². The van der Waals surface area contributed by atoms with Crippen molar-refractivity contribution in [2.75, 3.05) is 0 Å². The van der Waals surface area contributed by atoms with E-state index in [0.717, 1.165) is 12.8 Å². The second-order valence-electron chi connectivity index (χ2n) is 7.35. The van der Waals surface area contributed by atoms with Crippen LogP contribution in [0.4, 0.5) is 0 Å². The highest BCUT2D eigenvalue weighted by Crippen LogP contribution is 2.40. The molecule has 0 aromatic rings. The van der Waals surface area contributed by atoms with Crippen molar-refractivity contribution in [2.45, 2.75) is 71.2 Å². The minimum absolute atomic E-state index is 0.135. The summed E-state index contributed by atoms with van der Waals surface area (Å²) in [6.07, 6.45) is 2.63. The summed E-state index contributed by atoms with van der Waals surface area (Å²) in [6.45, 7) is 13.3. The molecule has 18 heavy (non-hydrogen) atoms. The summed E-state index contributed by atoms with van der Waals surface area (Å²) in [5.41, 5.74) is 0. The fourth-order valence-electron chi connectivity index (χ4n) is 2.43. The Hall–Kier alpha value is -0.353. The summed E-state index contributed by atoms with van der Waals surface area (Å²) < 4.78 is 6.37. The third kappa shape index (κ3) is 3.82. The molecular formula is C14H28O3Si. The van der Waals surface area contributed by atoms with Crippen LogP contribution in [0, 0.1) is 11.8 Å². The van der Waals surface area contributed by atoms with Gasteiger partial charge in [0.15, 0.2) is 8.32 Å². The average Bonchev–Trinajstić information content (AvgIpc) is 2.13. The normalized spacial score (nSPS) is 30.2. The fourth-order valence-corrected chi connectivity index (χ4v) is 3.81. The third-order valence-corrected chi connectivity index (χ3v) is 9.05. The lowest BCUT2D eigenvalue weighted by molar-refractivity contribution is -0.144. The summed E-state index contributed by atoms with van der Waals surface area (Å²) in [7, 11) is -1.78. The molecule has 0 spiro atoms. The monoisotopic (exact) mass is 272 g/mol. The van der Waals surface area contributed by atoms with Crippen LogP contribution in [-0.4, -0.2) is 25.5 Å². The van der Waals surface area contributed by atoms with E-state index in [9.17, 15) is 9.90 Å². The molecule has 0 bridgehead atoms. The van der Waals surface area contributed by atoms with Crippen molar-refractivity contribution in [2.24, 2.45) is 11.8 Å². The van der Waals surface area contributed by atoms with Crippen LogP contribution in [0.15, 0.2) is 0 Å². The van der Waals surface area contributed by atoms with Crippen molar-refractivity contribution >= 4 is 14.3 Å². The van der Waals surface area contributed by atoms with E-state index < -0.39 is 14.3 Å². The van der Waals surface area contributed by atoms with Crippen molar-refractivity contribution < 1.29 is 14.3 Å². The van der Waals surface area contributed by atoms with Crippen LogP contribution in [0.3, 0.4) is 0 Å². The molecule has 0 amide bonds. The summed E-state index contributed by atoms with van der Waals surface area (Å²) >= 11 is 0. The van der Waals surface area contributed by atoms with Gasteiger partial charge in [-0.1, -0.05) is 27.7 Å². The first kappa shape index (κ1) is 15.7. The first-order valence-corrected chi connectivity index (χ1v) is 9.84. The van der Waals surface area contributed by atoms with E-state index in [1.807, 2.05) is 0 Å². The van der Waals surface area contributed by atoms with Gasteiger partial charge in [-0.05, 0) is 43.3 Å². The predicted octanol–water partition coefficient (Wildman–Crippen LogP) is 3.90. The first-order chi connectivity index (χ1) is 8.03. The van der Waals surface area contributed by atoms with E-state index in [1.54, 1.807) is 0 Å². The number of carboxylic acid groups (broad SMARTS) is 1. The number of hydrogen-bond acceptors (Lipinski definition) is 2. The van der Waals surface area contributed by atoms with Gasteiger partial charge in [-0.15, -0.1) is 0 Å². The van der Waals surface area contributed by atoms with Gasteiger partial charge < -0.3 is 9.53 Å². The van der Waals surface area contributed by atoms with Crippen molar-refractivity contribution in [1.29, 1.82) is 0 Å². The molecule has 0 aromatic carbocycles. The Bertz CT molecular complexity index is 307. The highest BCUT2D eigenvalue weighted by molar-refractivity contribution is 6.74. The van der Waals surface area contributed by atoms with Crippen molar-refractivity contribution in [3.05, 3.63) is 0 Å². The van der Waals surface area contributed by atoms with Gasteiger partial charge in [0.2, 0.25) is 0 Å². The van der Waals surface area contributed by atoms with Crippen LogP contribution in [0.5, 0.6) is 0 Å². The van der Waals surface area contributed by atoms with Crippen LogP contribution >= 0.6 is 0 Å². The van der Waals surface area contributed by atoms with E-state index in [-0.39, 0.29) is 17.1 Å². The van der Waals surface area contributed by atoms with E-state index in [2.05, 4.69) is 40.8 Å². The summed E-state index contributed by atoms with van der Waals surface area (Å²) in [4.78, 5) is 11.2. The number of carboxylic acids is 1. The quantitative estimate of drug-likeness (QED) is 0.793. The van der Waals surface area contributed by atoms with Crippen molar-refractivity contribution in [3.8, 4) is 0 Å². The van der Waals surface area contributed by atoms with Crippen molar-refractivity contribution in [1.82, 2.24) is 0 Å². The third-order valence-electron chi connectivity index (χ3n) is 4.52. The topological polar surface area (TPSA) is 46.5 Å². The van der Waals surface area contributed by atoms with E-state index in [1.165, 1.54) is 0 Å². The number of carbonyl (C=O) groups is 1. The largest absolute Gasteiger partial charge is 0.481 e. The standard InChI is InChI=1S/C14H28O3Si/c1-10-7-11(13(15)16)9-12(8-10)17-18(5,6)14(2,3)4/h10-12H,7-9H2,1-6H3,(H,15,16)/t10-,11+,12-/m1/s1. The predicted molar refractivity (Wildman–Crippen MR) is 76.2 cm³/mol. The van der Waals surface area contributed by atoms with Gasteiger partial charge in [0.1, 0.15) is 0 Å². The Morgan fingerprint density at radius 1 is 1.22 bits per heavy atom. The van der Waals surface area contributed by atoms with Crippen LogP contribution in [0.25, 0.3) is 0 Å². The minimum Gasteiger partial charge on any atom is -0.481 e. The first-order valence-electron chi connectivity index (χ1n) is 6.93. The van der Waals surface area contributed by atoms with Gasteiger partial charge in [0.25, 0.3) is 0 Å². The van der Waals surface area contributed by atoms with Gasteiger partial charge in [0, 0.05) is 6.10 Å². The SMILES string of the molecule is C[C@H]1C[C@@H](O[Si](C)(C)C(C)(C)C)C[C@@H](C(=O)O)C1. The molecule has 0 radical (unpaired) electrons. The smallest absolute Gasteiger partial charge is 0.306 e. The zero-order valence-corrected chi connectivity index (χ0v) is 13.6. The number of rotatable bonds is 3. The van der Waals surface area contributed by atoms with Gasteiger partial charge >= 0.3 is 5.97 Å². The molecule has 0 heterocycles. The Morgan fingerprint density at radius 3 is 2.22 bits per heavy atom. The maximum Gasteiger partial charge on any atom is 0.306 e. The molecule has 0 aliphatic heterocycles.